The molecule has 1 aromatic carbocycles. The molecule has 0 aromatic heterocycles. The summed E-state index contributed by atoms with van der Waals surface area (Å²) in [5, 5.41) is 4.84. The highest BCUT2D eigenvalue weighted by Gasteiger charge is 2.09. The van der Waals surface area contributed by atoms with Crippen LogP contribution in [0.25, 0.3) is 6.08 Å². The predicted octanol–water partition coefficient (Wildman–Crippen LogP) is 1.08. The van der Waals surface area contributed by atoms with Gasteiger partial charge in [0.25, 0.3) is 0 Å². The van der Waals surface area contributed by atoms with E-state index in [0.717, 1.165) is 6.07 Å². The minimum atomic E-state index is -3.89. The Morgan fingerprint density at radius 3 is 2.56 bits per heavy atom. The Labute approximate surface area is 92.6 Å². The van der Waals surface area contributed by atoms with E-state index in [1.54, 1.807) is 0 Å². The van der Waals surface area contributed by atoms with Gasteiger partial charge in [0.05, 0.1) is 4.90 Å². The summed E-state index contributed by atoms with van der Waals surface area (Å²) in [7, 11) is -3.89. The molecule has 0 radical (unpaired) electrons. The molecular formula is C10H10FNO3S. The molecule has 2 N–H and O–H groups in total. The Bertz CT molecular complexity index is 523. The molecule has 0 amide bonds. The zero-order valence-electron chi connectivity index (χ0n) is 8.26. The number of hydrogen-bond acceptors (Lipinski definition) is 3. The van der Waals surface area contributed by atoms with Crippen LogP contribution >= 0.6 is 0 Å². The molecule has 0 fully saturated rings. The molecule has 0 aliphatic heterocycles. The van der Waals surface area contributed by atoms with Crippen molar-refractivity contribution in [1.82, 2.24) is 0 Å². The average Bonchev–Trinajstić information content (AvgIpc) is 2.19. The van der Waals surface area contributed by atoms with Crippen molar-refractivity contribution in [2.45, 2.75) is 11.3 Å². The number of sulfonamides is 1. The molecule has 0 aliphatic carbocycles. The van der Waals surface area contributed by atoms with Crippen LogP contribution in [0, 0.1) is 5.82 Å². The number of benzene rings is 1. The van der Waals surface area contributed by atoms with Crippen LogP contribution in [0.5, 0.6) is 0 Å². The van der Waals surface area contributed by atoms with Crippen molar-refractivity contribution in [2.24, 2.45) is 5.14 Å². The zero-order chi connectivity index (χ0) is 12.2. The maximum atomic E-state index is 13.3. The highest BCUT2D eigenvalue weighted by Crippen LogP contribution is 2.15. The fourth-order valence-electron chi connectivity index (χ4n) is 1.07. The van der Waals surface area contributed by atoms with Gasteiger partial charge in [0.1, 0.15) is 12.1 Å². The molecule has 1 aromatic rings. The van der Waals surface area contributed by atoms with Gasteiger partial charge in [0.2, 0.25) is 10.0 Å². The first-order valence-electron chi connectivity index (χ1n) is 4.37. The number of carbonyl (C=O) groups excluding carboxylic acids is 1. The van der Waals surface area contributed by atoms with Crippen molar-refractivity contribution in [3.63, 3.8) is 0 Å². The van der Waals surface area contributed by atoms with Crippen LogP contribution < -0.4 is 5.14 Å². The van der Waals surface area contributed by atoms with Gasteiger partial charge in [-0.25, -0.2) is 17.9 Å². The summed E-state index contributed by atoms with van der Waals surface area (Å²) in [6.07, 6.45) is 3.72. The van der Waals surface area contributed by atoms with E-state index in [1.165, 1.54) is 24.3 Å². The Kier molecular flexibility index (Phi) is 3.92. The van der Waals surface area contributed by atoms with E-state index < -0.39 is 15.8 Å². The Morgan fingerprint density at radius 2 is 2.06 bits per heavy atom. The molecule has 0 unspecified atom stereocenters. The molecule has 0 heterocycles. The third-order valence-electron chi connectivity index (χ3n) is 1.83. The molecular weight excluding hydrogens is 233 g/mol. The van der Waals surface area contributed by atoms with Crippen LogP contribution in [0.2, 0.25) is 0 Å². The normalized spacial score (nSPS) is 11.9. The van der Waals surface area contributed by atoms with E-state index in [0.29, 0.717) is 6.29 Å². The van der Waals surface area contributed by atoms with Crippen LogP contribution in [-0.4, -0.2) is 14.7 Å². The number of carbonyl (C=O) groups is 1. The first kappa shape index (κ1) is 12.5. The van der Waals surface area contributed by atoms with E-state index in [1.807, 2.05) is 0 Å². The number of primary sulfonamides is 1. The van der Waals surface area contributed by atoms with Crippen molar-refractivity contribution in [3.05, 3.63) is 35.7 Å². The van der Waals surface area contributed by atoms with Gasteiger partial charge in [-0.2, -0.15) is 0 Å². The zero-order valence-corrected chi connectivity index (χ0v) is 9.08. The molecule has 0 aliphatic rings. The summed E-state index contributed by atoms with van der Waals surface area (Å²) >= 11 is 0. The summed E-state index contributed by atoms with van der Waals surface area (Å²) in [5.41, 5.74) is 0.203. The number of rotatable bonds is 4. The van der Waals surface area contributed by atoms with E-state index >= 15 is 0 Å². The van der Waals surface area contributed by atoms with Crippen LogP contribution in [0.4, 0.5) is 4.39 Å². The van der Waals surface area contributed by atoms with Gasteiger partial charge in [-0.05, 0) is 12.1 Å². The molecule has 0 spiro atoms. The number of nitrogens with two attached hydrogens (primary N) is 1. The quantitative estimate of drug-likeness (QED) is 0.804. The molecule has 86 valence electrons. The van der Waals surface area contributed by atoms with E-state index in [2.05, 4.69) is 0 Å². The highest BCUT2D eigenvalue weighted by molar-refractivity contribution is 7.89. The fraction of sp³-hybridized carbons (Fsp3) is 0.100. The highest BCUT2D eigenvalue weighted by atomic mass is 32.2. The van der Waals surface area contributed by atoms with Gasteiger partial charge in [-0.3, -0.25) is 0 Å². The second-order valence-electron chi connectivity index (χ2n) is 3.03. The van der Waals surface area contributed by atoms with Crippen LogP contribution in [-0.2, 0) is 14.8 Å². The van der Waals surface area contributed by atoms with Crippen molar-refractivity contribution in [2.75, 3.05) is 0 Å². The maximum absolute atomic E-state index is 13.3. The van der Waals surface area contributed by atoms with Crippen molar-refractivity contribution in [3.8, 4) is 0 Å². The summed E-state index contributed by atoms with van der Waals surface area (Å²) in [4.78, 5) is 9.74. The predicted molar refractivity (Wildman–Crippen MR) is 57.5 cm³/mol. The van der Waals surface area contributed by atoms with Crippen molar-refractivity contribution < 1.29 is 17.6 Å². The minimum absolute atomic E-state index is 0.177. The van der Waals surface area contributed by atoms with E-state index in [-0.39, 0.29) is 16.9 Å². The fourth-order valence-corrected chi connectivity index (χ4v) is 1.60. The van der Waals surface area contributed by atoms with Crippen LogP contribution in [0.15, 0.2) is 29.2 Å². The lowest BCUT2D eigenvalue weighted by atomic mass is 10.2. The molecule has 16 heavy (non-hydrogen) atoms. The van der Waals surface area contributed by atoms with E-state index in [4.69, 9.17) is 5.14 Å². The topological polar surface area (TPSA) is 77.2 Å². The van der Waals surface area contributed by atoms with E-state index in [9.17, 15) is 17.6 Å². The molecule has 4 nitrogen and oxygen atoms in total. The lowest BCUT2D eigenvalue weighted by Gasteiger charge is -2.00. The standard InChI is InChI=1S/C10H10FNO3S/c11-10-7-9(16(12,14)15)5-4-8(10)3-1-2-6-13/h1,3-7H,2H2,(H2,12,14,15). The lowest BCUT2D eigenvalue weighted by Crippen LogP contribution is -2.12. The van der Waals surface area contributed by atoms with Crippen molar-refractivity contribution >= 4 is 22.4 Å². The number of halogens is 1. The second-order valence-corrected chi connectivity index (χ2v) is 4.59. The van der Waals surface area contributed by atoms with Gasteiger partial charge in [0.15, 0.2) is 0 Å². The van der Waals surface area contributed by atoms with Gasteiger partial charge >= 0.3 is 0 Å². The van der Waals surface area contributed by atoms with Gasteiger partial charge in [0, 0.05) is 12.0 Å². The second kappa shape index (κ2) is 5.00. The van der Waals surface area contributed by atoms with Crippen molar-refractivity contribution in [1.29, 1.82) is 0 Å². The van der Waals surface area contributed by atoms with Gasteiger partial charge < -0.3 is 4.79 Å². The molecule has 0 saturated carbocycles. The lowest BCUT2D eigenvalue weighted by molar-refractivity contribution is -0.107. The first-order chi connectivity index (χ1) is 7.45. The molecule has 0 saturated heterocycles. The molecule has 1 rings (SSSR count). The third-order valence-corrected chi connectivity index (χ3v) is 2.74. The molecule has 0 bridgehead atoms. The number of hydrogen-bond donors (Lipinski definition) is 1. The average molecular weight is 243 g/mol. The molecule has 0 atom stereocenters. The largest absolute Gasteiger partial charge is 0.303 e. The summed E-state index contributed by atoms with van der Waals surface area (Å²) in [6, 6.07) is 3.34. The number of aldehydes is 1. The Morgan fingerprint density at radius 1 is 1.38 bits per heavy atom. The van der Waals surface area contributed by atoms with Gasteiger partial charge in [-0.15, -0.1) is 0 Å². The smallest absolute Gasteiger partial charge is 0.238 e. The van der Waals surface area contributed by atoms with Crippen LogP contribution in [0.1, 0.15) is 12.0 Å². The third kappa shape index (κ3) is 3.25. The summed E-state index contributed by atoms with van der Waals surface area (Å²) < 4.78 is 35.2. The maximum Gasteiger partial charge on any atom is 0.238 e. The Balaban J connectivity index is 3.05. The first-order valence-corrected chi connectivity index (χ1v) is 5.92. The van der Waals surface area contributed by atoms with Crippen LogP contribution in [0.3, 0.4) is 0 Å². The Hall–Kier alpha value is -1.53. The molecule has 6 heteroatoms. The minimum Gasteiger partial charge on any atom is -0.303 e. The monoisotopic (exact) mass is 243 g/mol. The SMILES string of the molecule is NS(=O)(=O)c1ccc(C=CCC=O)c(F)c1. The summed E-state index contributed by atoms with van der Waals surface area (Å²) in [6.45, 7) is 0. The summed E-state index contributed by atoms with van der Waals surface area (Å²) in [5.74, 6) is -0.700. The number of allylic oxidation sites excluding steroid dienone is 1. The van der Waals surface area contributed by atoms with Gasteiger partial charge in [-0.1, -0.05) is 18.2 Å².